The molecule has 4 nitrogen and oxygen atoms in total. The molecule has 1 aromatic heterocycles. The molecule has 4 rings (SSSR count). The van der Waals surface area contributed by atoms with Gasteiger partial charge in [-0.15, -0.1) is 0 Å². The first-order valence-corrected chi connectivity index (χ1v) is 10.4. The molecule has 0 saturated carbocycles. The van der Waals surface area contributed by atoms with Gasteiger partial charge in [0, 0.05) is 46.0 Å². The Morgan fingerprint density at radius 2 is 2.07 bits per heavy atom. The summed E-state index contributed by atoms with van der Waals surface area (Å²) in [5.74, 6) is 0.0174. The van der Waals surface area contributed by atoms with E-state index in [1.54, 1.807) is 0 Å². The van der Waals surface area contributed by atoms with Gasteiger partial charge in [-0.1, -0.05) is 29.3 Å². The molecule has 0 unspecified atom stereocenters. The molecule has 1 aliphatic rings. The number of nitrogens with zero attached hydrogens (tertiary/aromatic N) is 2. The Balaban J connectivity index is 1.42. The molecule has 0 radical (unpaired) electrons. The summed E-state index contributed by atoms with van der Waals surface area (Å²) in [7, 11) is 0. The third kappa shape index (κ3) is 4.27. The summed E-state index contributed by atoms with van der Waals surface area (Å²) in [6.45, 7) is 2.31. The van der Waals surface area contributed by atoms with Crippen LogP contribution < -0.4 is 5.32 Å². The number of piperidine rings is 1. The van der Waals surface area contributed by atoms with Gasteiger partial charge in [0.15, 0.2) is 0 Å². The van der Waals surface area contributed by atoms with E-state index < -0.39 is 0 Å². The van der Waals surface area contributed by atoms with Gasteiger partial charge in [-0.3, -0.25) is 9.69 Å². The maximum atomic E-state index is 12.8. The van der Waals surface area contributed by atoms with Crippen molar-refractivity contribution in [2.24, 2.45) is 5.92 Å². The highest BCUT2D eigenvalue weighted by Gasteiger charge is 2.26. The maximum Gasteiger partial charge on any atom is 0.228 e. The van der Waals surface area contributed by atoms with Crippen LogP contribution in [0.15, 0.2) is 42.6 Å². The number of hydrogen-bond acceptors (Lipinski definition) is 4. The number of likely N-dealkylation sites (tertiary alicyclic amines) is 1. The molecule has 1 fully saturated rings. The Kier molecular flexibility index (Phi) is 5.64. The van der Waals surface area contributed by atoms with Crippen LogP contribution in [-0.2, 0) is 11.3 Å². The van der Waals surface area contributed by atoms with Crippen LogP contribution in [0.4, 0.5) is 5.69 Å². The summed E-state index contributed by atoms with van der Waals surface area (Å²) < 4.78 is 5.30. The third-order valence-corrected chi connectivity index (χ3v) is 6.43. The quantitative estimate of drug-likeness (QED) is 0.610. The molecule has 0 aliphatic carbocycles. The Bertz CT molecular complexity index is 955. The molecule has 1 aliphatic heterocycles. The minimum atomic E-state index is -0.0451. The number of fused-ring (bicyclic) bond motifs is 1. The van der Waals surface area contributed by atoms with Gasteiger partial charge in [-0.2, -0.15) is 4.37 Å². The van der Waals surface area contributed by atoms with Gasteiger partial charge >= 0.3 is 0 Å². The van der Waals surface area contributed by atoms with Crippen LogP contribution in [0.2, 0.25) is 10.0 Å². The highest BCUT2D eigenvalue weighted by Crippen LogP contribution is 2.28. The molecule has 7 heteroatoms. The third-order valence-electron chi connectivity index (χ3n) is 4.94. The molecule has 140 valence electrons. The number of benzene rings is 2. The van der Waals surface area contributed by atoms with E-state index in [9.17, 15) is 4.79 Å². The number of aromatic nitrogens is 1. The van der Waals surface area contributed by atoms with E-state index in [1.807, 2.05) is 42.6 Å². The van der Waals surface area contributed by atoms with Crippen molar-refractivity contribution in [1.29, 1.82) is 0 Å². The Labute approximate surface area is 172 Å². The lowest BCUT2D eigenvalue weighted by Gasteiger charge is -2.32. The number of nitrogens with one attached hydrogen (secondary N) is 1. The molecule has 1 N–H and O–H groups in total. The van der Waals surface area contributed by atoms with Gasteiger partial charge in [0.2, 0.25) is 5.91 Å². The molecule has 1 atom stereocenters. The van der Waals surface area contributed by atoms with Gasteiger partial charge < -0.3 is 5.32 Å². The Morgan fingerprint density at radius 3 is 2.89 bits per heavy atom. The number of hydrogen-bond donors (Lipinski definition) is 1. The second kappa shape index (κ2) is 8.15. The lowest BCUT2D eigenvalue weighted by atomic mass is 9.96. The summed E-state index contributed by atoms with van der Waals surface area (Å²) in [4.78, 5) is 15.0. The SMILES string of the molecule is O=C(Nc1ccc2sncc2c1)[C@H]1CCCN(Cc2c(Cl)cccc2Cl)C1. The normalized spacial score (nSPS) is 17.9. The summed E-state index contributed by atoms with van der Waals surface area (Å²) in [5.41, 5.74) is 1.75. The molecular weight excluding hydrogens is 401 g/mol. The topological polar surface area (TPSA) is 45.2 Å². The van der Waals surface area contributed by atoms with E-state index in [4.69, 9.17) is 23.2 Å². The van der Waals surface area contributed by atoms with E-state index in [2.05, 4.69) is 14.6 Å². The van der Waals surface area contributed by atoms with Gasteiger partial charge in [-0.25, -0.2) is 0 Å². The first kappa shape index (κ1) is 18.7. The van der Waals surface area contributed by atoms with Crippen molar-refractivity contribution in [3.05, 3.63) is 58.2 Å². The average molecular weight is 420 g/mol. The zero-order valence-electron chi connectivity index (χ0n) is 14.6. The minimum Gasteiger partial charge on any atom is -0.326 e. The predicted molar refractivity (Wildman–Crippen MR) is 113 cm³/mol. The largest absolute Gasteiger partial charge is 0.326 e. The van der Waals surface area contributed by atoms with E-state index in [0.29, 0.717) is 23.1 Å². The van der Waals surface area contributed by atoms with Gasteiger partial charge in [0.25, 0.3) is 0 Å². The minimum absolute atomic E-state index is 0.0451. The highest BCUT2D eigenvalue weighted by atomic mass is 35.5. The molecule has 27 heavy (non-hydrogen) atoms. The first-order chi connectivity index (χ1) is 13.1. The van der Waals surface area contributed by atoms with Crippen molar-refractivity contribution < 1.29 is 4.79 Å². The standard InChI is InChI=1S/C20H19Cl2N3OS/c21-17-4-1-5-18(22)16(17)12-25-8-2-3-13(11-25)20(26)24-15-6-7-19-14(9-15)10-23-27-19/h1,4-7,9-10,13H,2-3,8,11-12H2,(H,24,26)/t13-/m0/s1. The predicted octanol–water partition coefficient (Wildman–Crippen LogP) is 5.45. The van der Waals surface area contributed by atoms with E-state index in [0.717, 1.165) is 40.7 Å². The van der Waals surface area contributed by atoms with Crippen molar-refractivity contribution in [2.45, 2.75) is 19.4 Å². The van der Waals surface area contributed by atoms with Crippen LogP contribution in [0.5, 0.6) is 0 Å². The van der Waals surface area contributed by atoms with E-state index >= 15 is 0 Å². The Morgan fingerprint density at radius 1 is 1.26 bits per heavy atom. The molecule has 2 heterocycles. The van der Waals surface area contributed by atoms with Gasteiger partial charge in [0.05, 0.1) is 10.6 Å². The van der Waals surface area contributed by atoms with E-state index in [1.165, 1.54) is 11.5 Å². The summed E-state index contributed by atoms with van der Waals surface area (Å²) >= 11 is 14.1. The number of halogens is 2. The fourth-order valence-corrected chi connectivity index (χ4v) is 4.66. The van der Waals surface area contributed by atoms with Crippen LogP contribution in [0.25, 0.3) is 10.1 Å². The monoisotopic (exact) mass is 419 g/mol. The lowest BCUT2D eigenvalue weighted by Crippen LogP contribution is -2.40. The van der Waals surface area contributed by atoms with Crippen molar-refractivity contribution in [1.82, 2.24) is 9.27 Å². The number of anilines is 1. The molecule has 1 amide bonds. The smallest absolute Gasteiger partial charge is 0.228 e. The molecule has 1 saturated heterocycles. The molecular formula is C20H19Cl2N3OS. The van der Waals surface area contributed by atoms with Crippen molar-refractivity contribution >= 4 is 56.4 Å². The summed E-state index contributed by atoms with van der Waals surface area (Å²) in [6.07, 6.45) is 3.69. The second-order valence-corrected chi connectivity index (χ2v) is 8.49. The number of rotatable bonds is 4. The van der Waals surface area contributed by atoms with Gasteiger partial charge in [-0.05, 0) is 61.3 Å². The van der Waals surface area contributed by atoms with Crippen LogP contribution in [0.1, 0.15) is 18.4 Å². The first-order valence-electron chi connectivity index (χ1n) is 8.91. The summed E-state index contributed by atoms with van der Waals surface area (Å²) in [5, 5.41) is 5.46. The van der Waals surface area contributed by atoms with Crippen LogP contribution in [0.3, 0.4) is 0 Å². The number of carbonyl (C=O) groups excluding carboxylic acids is 1. The van der Waals surface area contributed by atoms with Crippen LogP contribution >= 0.6 is 34.7 Å². The lowest BCUT2D eigenvalue weighted by molar-refractivity contribution is -0.121. The maximum absolute atomic E-state index is 12.8. The van der Waals surface area contributed by atoms with Gasteiger partial charge in [0.1, 0.15) is 0 Å². The molecule has 0 spiro atoms. The van der Waals surface area contributed by atoms with E-state index in [-0.39, 0.29) is 11.8 Å². The number of amides is 1. The van der Waals surface area contributed by atoms with Crippen LogP contribution in [0, 0.1) is 5.92 Å². The summed E-state index contributed by atoms with van der Waals surface area (Å²) in [6, 6.07) is 11.5. The average Bonchev–Trinajstić information content (AvgIpc) is 3.13. The molecule has 2 aromatic carbocycles. The second-order valence-electron chi connectivity index (χ2n) is 6.84. The van der Waals surface area contributed by atoms with Crippen molar-refractivity contribution in [3.8, 4) is 0 Å². The fraction of sp³-hybridized carbons (Fsp3) is 0.300. The zero-order valence-corrected chi connectivity index (χ0v) is 16.9. The van der Waals surface area contributed by atoms with Crippen molar-refractivity contribution in [2.75, 3.05) is 18.4 Å². The highest BCUT2D eigenvalue weighted by molar-refractivity contribution is 7.13. The molecule has 3 aromatic rings. The zero-order chi connectivity index (χ0) is 18.8. The fourth-order valence-electron chi connectivity index (χ4n) is 3.51. The number of carbonyl (C=O) groups is 1. The van der Waals surface area contributed by atoms with Crippen LogP contribution in [-0.4, -0.2) is 28.3 Å². The Hall–Kier alpha value is -1.66. The van der Waals surface area contributed by atoms with Crippen molar-refractivity contribution in [3.63, 3.8) is 0 Å². The molecule has 0 bridgehead atoms.